The Bertz CT molecular complexity index is 920. The Hall–Kier alpha value is -1.85. The second-order valence-corrected chi connectivity index (χ2v) is 9.40. The first-order valence-corrected chi connectivity index (χ1v) is 10.0. The molecule has 1 heterocycles. The molecule has 25 heavy (non-hydrogen) atoms. The van der Waals surface area contributed by atoms with E-state index >= 15 is 0 Å². The average Bonchev–Trinajstić information content (AvgIpc) is 2.88. The van der Waals surface area contributed by atoms with E-state index < -0.39 is 10.0 Å². The second kappa shape index (κ2) is 5.58. The Morgan fingerprint density at radius 1 is 1.16 bits per heavy atom. The number of aryl methyl sites for hydroxylation is 1. The van der Waals surface area contributed by atoms with Gasteiger partial charge in [-0.1, -0.05) is 30.7 Å². The Morgan fingerprint density at radius 2 is 1.88 bits per heavy atom. The number of nitrogens with zero attached hydrogens (tertiary/aromatic N) is 1. The van der Waals surface area contributed by atoms with Crippen LogP contribution in [0.2, 0.25) is 0 Å². The monoisotopic (exact) mass is 357 g/mol. The van der Waals surface area contributed by atoms with Crippen molar-refractivity contribution in [2.75, 3.05) is 13.7 Å². The van der Waals surface area contributed by atoms with Crippen LogP contribution in [0.1, 0.15) is 30.0 Å². The van der Waals surface area contributed by atoms with E-state index in [1.807, 2.05) is 25.1 Å². The third-order valence-corrected chi connectivity index (χ3v) is 7.56. The molecule has 0 radical (unpaired) electrons. The first kappa shape index (κ1) is 16.6. The maximum atomic E-state index is 13.2. The fourth-order valence-electron chi connectivity index (χ4n) is 4.33. The van der Waals surface area contributed by atoms with Gasteiger partial charge in [-0.15, -0.1) is 0 Å². The maximum absolute atomic E-state index is 13.2. The van der Waals surface area contributed by atoms with Crippen molar-refractivity contribution in [1.29, 1.82) is 0 Å². The minimum Gasteiger partial charge on any atom is -0.497 e. The SMILES string of the molecule is COc1ccc2c(c1)[C@@]1(C)C[C@@H](C2)N(S(=O)(=O)c2ccc(C)cc2)C1. The molecule has 1 saturated heterocycles. The van der Waals surface area contributed by atoms with Crippen molar-refractivity contribution < 1.29 is 13.2 Å². The van der Waals surface area contributed by atoms with E-state index in [9.17, 15) is 8.42 Å². The van der Waals surface area contributed by atoms with Gasteiger partial charge in [0.1, 0.15) is 5.75 Å². The Labute approximate surface area is 149 Å². The van der Waals surface area contributed by atoms with Crippen molar-refractivity contribution in [3.05, 3.63) is 59.2 Å². The molecule has 4 rings (SSSR count). The van der Waals surface area contributed by atoms with Gasteiger partial charge in [0.05, 0.1) is 12.0 Å². The van der Waals surface area contributed by atoms with Gasteiger partial charge in [0.15, 0.2) is 0 Å². The lowest BCUT2D eigenvalue weighted by Crippen LogP contribution is -2.36. The molecule has 4 nitrogen and oxygen atoms in total. The first-order valence-electron chi connectivity index (χ1n) is 8.59. The van der Waals surface area contributed by atoms with E-state index in [0.29, 0.717) is 11.4 Å². The lowest BCUT2D eigenvalue weighted by atomic mass is 9.73. The predicted octanol–water partition coefficient (Wildman–Crippen LogP) is 3.28. The van der Waals surface area contributed by atoms with Gasteiger partial charge >= 0.3 is 0 Å². The standard InChI is InChI=1S/C20H23NO3S/c1-14-4-8-18(9-5-14)25(22,23)21-13-20(2)12-16(21)10-15-6-7-17(24-3)11-19(15)20/h4-9,11,16H,10,12-13H2,1-3H3/t16-,20+/m1/s1. The van der Waals surface area contributed by atoms with Crippen molar-refractivity contribution in [2.45, 2.75) is 43.0 Å². The highest BCUT2D eigenvalue weighted by molar-refractivity contribution is 7.89. The van der Waals surface area contributed by atoms with Crippen LogP contribution in [-0.4, -0.2) is 32.4 Å². The van der Waals surface area contributed by atoms with Gasteiger partial charge in [-0.2, -0.15) is 4.31 Å². The summed E-state index contributed by atoms with van der Waals surface area (Å²) >= 11 is 0. The molecule has 1 aliphatic carbocycles. The van der Waals surface area contributed by atoms with E-state index in [2.05, 4.69) is 19.1 Å². The molecular weight excluding hydrogens is 334 g/mol. The summed E-state index contributed by atoms with van der Waals surface area (Å²) in [4.78, 5) is 0.385. The number of benzene rings is 2. The van der Waals surface area contributed by atoms with E-state index in [4.69, 9.17) is 4.74 Å². The molecule has 0 aromatic heterocycles. The molecule has 0 unspecified atom stereocenters. The number of hydrogen-bond acceptors (Lipinski definition) is 3. The molecule has 2 bridgehead atoms. The molecular formula is C20H23NO3S. The number of rotatable bonds is 3. The smallest absolute Gasteiger partial charge is 0.243 e. The fourth-order valence-corrected chi connectivity index (χ4v) is 6.08. The van der Waals surface area contributed by atoms with E-state index in [1.54, 1.807) is 23.5 Å². The van der Waals surface area contributed by atoms with Gasteiger partial charge in [0, 0.05) is 18.0 Å². The highest BCUT2D eigenvalue weighted by Gasteiger charge is 2.50. The van der Waals surface area contributed by atoms with Gasteiger partial charge < -0.3 is 4.74 Å². The molecule has 2 aromatic carbocycles. The Balaban J connectivity index is 1.73. The summed E-state index contributed by atoms with van der Waals surface area (Å²) < 4.78 is 33.5. The lowest BCUT2D eigenvalue weighted by Gasteiger charge is -2.31. The Morgan fingerprint density at radius 3 is 2.56 bits per heavy atom. The number of fused-ring (bicyclic) bond motifs is 4. The highest BCUT2D eigenvalue weighted by atomic mass is 32.2. The van der Waals surface area contributed by atoms with Gasteiger partial charge in [-0.25, -0.2) is 8.42 Å². The van der Waals surface area contributed by atoms with Crippen molar-refractivity contribution in [1.82, 2.24) is 4.31 Å². The van der Waals surface area contributed by atoms with Crippen LogP contribution in [0.5, 0.6) is 5.75 Å². The van der Waals surface area contributed by atoms with Crippen molar-refractivity contribution in [2.24, 2.45) is 0 Å². The van der Waals surface area contributed by atoms with Gasteiger partial charge in [-0.3, -0.25) is 0 Å². The van der Waals surface area contributed by atoms with Crippen LogP contribution in [0.15, 0.2) is 47.4 Å². The Kier molecular flexibility index (Phi) is 3.71. The quantitative estimate of drug-likeness (QED) is 0.847. The lowest BCUT2D eigenvalue weighted by molar-refractivity contribution is 0.386. The van der Waals surface area contributed by atoms with Gasteiger partial charge in [0.25, 0.3) is 0 Å². The summed E-state index contributed by atoms with van der Waals surface area (Å²) in [6, 6.07) is 13.3. The van der Waals surface area contributed by atoms with Crippen LogP contribution in [0.25, 0.3) is 0 Å². The molecule has 2 atom stereocenters. The zero-order chi connectivity index (χ0) is 17.8. The fraction of sp³-hybridized carbons (Fsp3) is 0.400. The van der Waals surface area contributed by atoms with E-state index in [1.165, 1.54) is 11.1 Å². The predicted molar refractivity (Wildman–Crippen MR) is 97.5 cm³/mol. The molecule has 0 saturated carbocycles. The normalized spacial score (nSPS) is 25.6. The van der Waals surface area contributed by atoms with E-state index in [0.717, 1.165) is 24.2 Å². The zero-order valence-electron chi connectivity index (χ0n) is 14.8. The summed E-state index contributed by atoms with van der Waals surface area (Å²) in [6.07, 6.45) is 1.62. The highest BCUT2D eigenvalue weighted by Crippen LogP contribution is 2.47. The van der Waals surface area contributed by atoms with E-state index in [-0.39, 0.29) is 11.5 Å². The second-order valence-electron chi connectivity index (χ2n) is 7.51. The molecule has 5 heteroatoms. The molecule has 0 spiro atoms. The maximum Gasteiger partial charge on any atom is 0.243 e. The molecule has 0 amide bonds. The number of hydrogen-bond donors (Lipinski definition) is 0. The average molecular weight is 357 g/mol. The molecule has 2 aliphatic rings. The number of methoxy groups -OCH3 is 1. The van der Waals surface area contributed by atoms with Crippen molar-refractivity contribution in [3.63, 3.8) is 0 Å². The number of sulfonamides is 1. The van der Waals surface area contributed by atoms with Crippen LogP contribution in [0, 0.1) is 6.92 Å². The molecule has 0 N–H and O–H groups in total. The molecule has 1 fully saturated rings. The molecule has 132 valence electrons. The molecule has 1 aliphatic heterocycles. The third kappa shape index (κ3) is 2.57. The largest absolute Gasteiger partial charge is 0.497 e. The summed E-state index contributed by atoms with van der Waals surface area (Å²) in [5, 5.41) is 0. The van der Waals surface area contributed by atoms with Crippen LogP contribution in [0.4, 0.5) is 0 Å². The van der Waals surface area contributed by atoms with Crippen LogP contribution in [0.3, 0.4) is 0 Å². The van der Waals surface area contributed by atoms with Gasteiger partial charge in [-0.05, 0) is 55.2 Å². The first-order chi connectivity index (χ1) is 11.8. The molecule has 2 aromatic rings. The van der Waals surface area contributed by atoms with Crippen LogP contribution < -0.4 is 4.74 Å². The minimum absolute atomic E-state index is 0.0252. The zero-order valence-corrected chi connectivity index (χ0v) is 15.6. The van der Waals surface area contributed by atoms with Crippen LogP contribution in [-0.2, 0) is 21.9 Å². The van der Waals surface area contributed by atoms with Crippen molar-refractivity contribution in [3.8, 4) is 5.75 Å². The summed E-state index contributed by atoms with van der Waals surface area (Å²) in [5.41, 5.74) is 3.36. The summed E-state index contributed by atoms with van der Waals surface area (Å²) in [5.74, 6) is 0.832. The summed E-state index contributed by atoms with van der Waals surface area (Å²) in [6.45, 7) is 4.65. The van der Waals surface area contributed by atoms with Crippen LogP contribution >= 0.6 is 0 Å². The number of ether oxygens (including phenoxy) is 1. The van der Waals surface area contributed by atoms with Gasteiger partial charge in [0.2, 0.25) is 10.0 Å². The minimum atomic E-state index is -3.48. The van der Waals surface area contributed by atoms with Crippen molar-refractivity contribution >= 4 is 10.0 Å². The third-order valence-electron chi connectivity index (χ3n) is 5.65. The summed E-state index contributed by atoms with van der Waals surface area (Å²) in [7, 11) is -1.81. The topological polar surface area (TPSA) is 46.6 Å².